The third-order valence-corrected chi connectivity index (χ3v) is 5.19. The van der Waals surface area contributed by atoms with Crippen molar-refractivity contribution in [3.8, 4) is 11.1 Å². The highest BCUT2D eigenvalue weighted by molar-refractivity contribution is 5.94. The van der Waals surface area contributed by atoms with Crippen molar-refractivity contribution in [2.75, 3.05) is 13.1 Å². The number of nitrogens with one attached hydrogen (secondary N) is 1. The summed E-state index contributed by atoms with van der Waals surface area (Å²) >= 11 is 0. The second kappa shape index (κ2) is 5.97. The Labute approximate surface area is 146 Å². The molecular formula is C21H20N4. The lowest BCUT2D eigenvalue weighted by Gasteiger charge is -2.24. The van der Waals surface area contributed by atoms with E-state index in [1.54, 1.807) is 0 Å². The monoisotopic (exact) mass is 328 g/mol. The van der Waals surface area contributed by atoms with Gasteiger partial charge in [0.25, 0.3) is 0 Å². The molecule has 4 heteroatoms. The number of fused-ring (bicyclic) bond motifs is 2. The molecule has 0 aliphatic carbocycles. The Balaban J connectivity index is 1.64. The topological polar surface area (TPSA) is 42.7 Å². The van der Waals surface area contributed by atoms with Gasteiger partial charge >= 0.3 is 0 Å². The molecule has 2 aromatic heterocycles. The minimum absolute atomic E-state index is 0.443. The number of piperidine rings is 1. The Bertz CT molecular complexity index is 1040. The molecule has 25 heavy (non-hydrogen) atoms. The summed E-state index contributed by atoms with van der Waals surface area (Å²) in [6.07, 6.45) is 6.25. The number of aromatic nitrogens is 3. The molecule has 1 aliphatic heterocycles. The lowest BCUT2D eigenvalue weighted by atomic mass is 10.0. The van der Waals surface area contributed by atoms with Crippen molar-refractivity contribution in [2.45, 2.75) is 18.9 Å². The standard InChI is InChI=1S/C21H20N4/c1-2-5-16-12-17(8-7-15(16)4-1)19-9-11-23-21-20(19)24-14-25(21)18-6-3-10-22-13-18/h1-2,4-5,7-9,11-12,14,18,22H,3,6,10,13H2/t18-/m0/s1. The highest BCUT2D eigenvalue weighted by Gasteiger charge is 2.19. The molecule has 0 unspecified atom stereocenters. The Morgan fingerprint density at radius 3 is 2.80 bits per heavy atom. The summed E-state index contributed by atoms with van der Waals surface area (Å²) in [5, 5.41) is 5.99. The van der Waals surface area contributed by atoms with E-state index in [1.807, 2.05) is 12.5 Å². The van der Waals surface area contributed by atoms with Gasteiger partial charge in [0.2, 0.25) is 0 Å². The fourth-order valence-electron chi connectivity index (χ4n) is 3.86. The second-order valence-electron chi connectivity index (χ2n) is 6.74. The summed E-state index contributed by atoms with van der Waals surface area (Å²) in [7, 11) is 0. The van der Waals surface area contributed by atoms with Gasteiger partial charge < -0.3 is 9.88 Å². The largest absolute Gasteiger partial charge is 0.315 e. The molecule has 2 aromatic carbocycles. The predicted molar refractivity (Wildman–Crippen MR) is 102 cm³/mol. The maximum absolute atomic E-state index is 4.72. The van der Waals surface area contributed by atoms with Crippen LogP contribution in [-0.2, 0) is 0 Å². The van der Waals surface area contributed by atoms with E-state index in [-0.39, 0.29) is 0 Å². The summed E-state index contributed by atoms with van der Waals surface area (Å²) in [6.45, 7) is 2.10. The van der Waals surface area contributed by atoms with Crippen LogP contribution in [0, 0.1) is 0 Å². The molecule has 0 radical (unpaired) electrons. The molecule has 124 valence electrons. The fraction of sp³-hybridized carbons (Fsp3) is 0.238. The average Bonchev–Trinajstić information content (AvgIpc) is 3.12. The van der Waals surface area contributed by atoms with Gasteiger partial charge in [-0.25, -0.2) is 9.97 Å². The van der Waals surface area contributed by atoms with E-state index in [1.165, 1.54) is 29.2 Å². The summed E-state index contributed by atoms with van der Waals surface area (Å²) in [6, 6.07) is 17.6. The molecule has 0 spiro atoms. The maximum atomic E-state index is 4.72. The fourth-order valence-corrected chi connectivity index (χ4v) is 3.86. The van der Waals surface area contributed by atoms with Crippen LogP contribution in [0.1, 0.15) is 18.9 Å². The van der Waals surface area contributed by atoms with Crippen LogP contribution in [0.15, 0.2) is 61.1 Å². The average molecular weight is 328 g/mol. The SMILES string of the molecule is c1ccc2cc(-c3ccnc4c3ncn4[C@H]3CCCNC3)ccc2c1. The lowest BCUT2D eigenvalue weighted by Crippen LogP contribution is -2.31. The number of hydrogen-bond acceptors (Lipinski definition) is 3. The number of pyridine rings is 1. The quantitative estimate of drug-likeness (QED) is 0.600. The van der Waals surface area contributed by atoms with Crippen LogP contribution in [0.5, 0.6) is 0 Å². The molecule has 1 saturated heterocycles. The molecular weight excluding hydrogens is 308 g/mol. The van der Waals surface area contributed by atoms with E-state index in [0.717, 1.165) is 29.8 Å². The van der Waals surface area contributed by atoms with Crippen molar-refractivity contribution < 1.29 is 0 Å². The van der Waals surface area contributed by atoms with Crippen molar-refractivity contribution in [1.29, 1.82) is 0 Å². The van der Waals surface area contributed by atoms with E-state index < -0.39 is 0 Å². The van der Waals surface area contributed by atoms with Gasteiger partial charge in [-0.3, -0.25) is 0 Å². The highest BCUT2D eigenvalue weighted by Crippen LogP contribution is 2.30. The summed E-state index contributed by atoms with van der Waals surface area (Å²) in [4.78, 5) is 9.36. The maximum Gasteiger partial charge on any atom is 0.160 e. The van der Waals surface area contributed by atoms with Crippen LogP contribution in [-0.4, -0.2) is 27.6 Å². The van der Waals surface area contributed by atoms with Gasteiger partial charge in [0, 0.05) is 24.3 Å². The number of rotatable bonds is 2. The molecule has 3 heterocycles. The molecule has 0 bridgehead atoms. The summed E-state index contributed by atoms with van der Waals surface area (Å²) < 4.78 is 2.24. The van der Waals surface area contributed by atoms with Gasteiger partial charge in [0.1, 0.15) is 5.52 Å². The van der Waals surface area contributed by atoms with Gasteiger partial charge in [-0.05, 0) is 47.9 Å². The first kappa shape index (κ1) is 14.6. The Hall–Kier alpha value is -2.72. The first-order valence-corrected chi connectivity index (χ1v) is 8.91. The van der Waals surface area contributed by atoms with Gasteiger partial charge in [0.15, 0.2) is 5.65 Å². The van der Waals surface area contributed by atoms with Crippen molar-refractivity contribution in [3.63, 3.8) is 0 Å². The molecule has 5 rings (SSSR count). The minimum atomic E-state index is 0.443. The minimum Gasteiger partial charge on any atom is -0.315 e. The van der Waals surface area contributed by atoms with Crippen LogP contribution in [0.2, 0.25) is 0 Å². The molecule has 4 nitrogen and oxygen atoms in total. The Morgan fingerprint density at radius 2 is 1.92 bits per heavy atom. The van der Waals surface area contributed by atoms with Crippen LogP contribution >= 0.6 is 0 Å². The van der Waals surface area contributed by atoms with E-state index in [0.29, 0.717) is 6.04 Å². The summed E-state index contributed by atoms with van der Waals surface area (Å²) in [5.74, 6) is 0. The van der Waals surface area contributed by atoms with Gasteiger partial charge in [-0.2, -0.15) is 0 Å². The third-order valence-electron chi connectivity index (χ3n) is 5.19. The predicted octanol–water partition coefficient (Wildman–Crippen LogP) is 4.18. The third kappa shape index (κ3) is 2.50. The van der Waals surface area contributed by atoms with Crippen molar-refractivity contribution in [3.05, 3.63) is 61.1 Å². The van der Waals surface area contributed by atoms with Crippen LogP contribution < -0.4 is 5.32 Å². The van der Waals surface area contributed by atoms with Crippen molar-refractivity contribution >= 4 is 21.9 Å². The van der Waals surface area contributed by atoms with E-state index in [9.17, 15) is 0 Å². The van der Waals surface area contributed by atoms with E-state index in [4.69, 9.17) is 4.98 Å². The zero-order valence-electron chi connectivity index (χ0n) is 14.0. The van der Waals surface area contributed by atoms with E-state index in [2.05, 4.69) is 63.4 Å². The zero-order valence-corrected chi connectivity index (χ0v) is 14.0. The molecule has 1 aliphatic rings. The number of benzene rings is 2. The van der Waals surface area contributed by atoms with Gasteiger partial charge in [-0.15, -0.1) is 0 Å². The van der Waals surface area contributed by atoms with Crippen LogP contribution in [0.4, 0.5) is 0 Å². The smallest absolute Gasteiger partial charge is 0.160 e. The molecule has 1 atom stereocenters. The highest BCUT2D eigenvalue weighted by atomic mass is 15.1. The first-order chi connectivity index (χ1) is 12.4. The molecule has 4 aromatic rings. The molecule has 1 fully saturated rings. The number of nitrogens with zero attached hydrogens (tertiary/aromatic N) is 3. The Kier molecular flexibility index (Phi) is 3.49. The number of hydrogen-bond donors (Lipinski definition) is 1. The molecule has 1 N–H and O–H groups in total. The zero-order chi connectivity index (χ0) is 16.6. The van der Waals surface area contributed by atoms with Gasteiger partial charge in [-0.1, -0.05) is 36.4 Å². The van der Waals surface area contributed by atoms with Crippen LogP contribution in [0.3, 0.4) is 0 Å². The number of imidazole rings is 1. The molecule has 0 amide bonds. The molecule has 0 saturated carbocycles. The second-order valence-corrected chi connectivity index (χ2v) is 6.74. The van der Waals surface area contributed by atoms with E-state index >= 15 is 0 Å². The van der Waals surface area contributed by atoms with Crippen molar-refractivity contribution in [2.24, 2.45) is 0 Å². The first-order valence-electron chi connectivity index (χ1n) is 8.91. The lowest BCUT2D eigenvalue weighted by molar-refractivity contribution is 0.376. The van der Waals surface area contributed by atoms with Gasteiger partial charge in [0.05, 0.1) is 6.33 Å². The van der Waals surface area contributed by atoms with Crippen LogP contribution in [0.25, 0.3) is 33.1 Å². The summed E-state index contributed by atoms with van der Waals surface area (Å²) in [5.41, 5.74) is 4.32. The van der Waals surface area contributed by atoms with Crippen molar-refractivity contribution in [1.82, 2.24) is 19.9 Å². The Morgan fingerprint density at radius 1 is 1.00 bits per heavy atom. The normalized spacial score (nSPS) is 18.0.